The van der Waals surface area contributed by atoms with E-state index in [4.69, 9.17) is 0 Å². The molecule has 0 aliphatic carbocycles. The molecule has 54 valence electrons. The summed E-state index contributed by atoms with van der Waals surface area (Å²) >= 11 is 0. The van der Waals surface area contributed by atoms with Gasteiger partial charge in [-0.1, -0.05) is 13.3 Å². The Morgan fingerprint density at radius 1 is 1.67 bits per heavy atom. The molecule has 0 radical (unpaired) electrons. The summed E-state index contributed by atoms with van der Waals surface area (Å²) in [4.78, 5) is 10.0. The van der Waals surface area contributed by atoms with E-state index in [1.807, 2.05) is 7.05 Å². The van der Waals surface area contributed by atoms with E-state index in [0.29, 0.717) is 12.5 Å². The SMILES string of the molecule is CCCC(CC=O)NC. The van der Waals surface area contributed by atoms with Crippen LogP contribution >= 0.6 is 0 Å². The van der Waals surface area contributed by atoms with Crippen LogP contribution < -0.4 is 5.32 Å². The highest BCUT2D eigenvalue weighted by molar-refractivity contribution is 5.50. The third kappa shape index (κ3) is 4.15. The normalized spacial score (nSPS) is 13.1. The topological polar surface area (TPSA) is 29.1 Å². The van der Waals surface area contributed by atoms with E-state index < -0.39 is 0 Å². The molecule has 2 nitrogen and oxygen atoms in total. The number of hydrogen-bond acceptors (Lipinski definition) is 2. The second-order valence-corrected chi connectivity index (χ2v) is 2.18. The highest BCUT2D eigenvalue weighted by Crippen LogP contribution is 1.97. The summed E-state index contributed by atoms with van der Waals surface area (Å²) in [5, 5.41) is 3.07. The molecule has 0 aliphatic heterocycles. The van der Waals surface area contributed by atoms with Crippen LogP contribution in [0.1, 0.15) is 26.2 Å². The van der Waals surface area contributed by atoms with Gasteiger partial charge in [0.25, 0.3) is 0 Å². The molecule has 0 spiro atoms. The smallest absolute Gasteiger partial charge is 0.121 e. The lowest BCUT2D eigenvalue weighted by atomic mass is 10.1. The molecule has 0 fully saturated rings. The molecule has 2 heteroatoms. The monoisotopic (exact) mass is 129 g/mol. The van der Waals surface area contributed by atoms with Gasteiger partial charge in [-0.15, -0.1) is 0 Å². The Labute approximate surface area is 56.6 Å². The zero-order valence-electron chi connectivity index (χ0n) is 6.18. The minimum absolute atomic E-state index is 0.396. The molecule has 1 atom stereocenters. The van der Waals surface area contributed by atoms with Gasteiger partial charge in [-0.3, -0.25) is 0 Å². The molecule has 0 saturated heterocycles. The van der Waals surface area contributed by atoms with Crippen molar-refractivity contribution in [2.24, 2.45) is 0 Å². The van der Waals surface area contributed by atoms with Gasteiger partial charge in [-0.2, -0.15) is 0 Å². The van der Waals surface area contributed by atoms with Crippen LogP contribution in [-0.2, 0) is 4.79 Å². The average Bonchev–Trinajstić information content (AvgIpc) is 1.88. The first-order chi connectivity index (χ1) is 4.35. The summed E-state index contributed by atoms with van der Waals surface area (Å²) in [6.07, 6.45) is 3.84. The number of aldehydes is 1. The van der Waals surface area contributed by atoms with Crippen molar-refractivity contribution in [3.63, 3.8) is 0 Å². The summed E-state index contributed by atoms with van der Waals surface area (Å²) in [5.41, 5.74) is 0. The molecule has 0 saturated carbocycles. The van der Waals surface area contributed by atoms with Gasteiger partial charge in [0.05, 0.1) is 0 Å². The first-order valence-corrected chi connectivity index (χ1v) is 3.46. The second-order valence-electron chi connectivity index (χ2n) is 2.18. The number of carbonyl (C=O) groups excluding carboxylic acids is 1. The van der Waals surface area contributed by atoms with E-state index in [1.54, 1.807) is 0 Å². The standard InChI is InChI=1S/C7H15NO/c1-3-4-7(8-2)5-6-9/h6-8H,3-5H2,1-2H3. The minimum atomic E-state index is 0.396. The predicted octanol–water partition coefficient (Wildman–Crippen LogP) is 0.964. The van der Waals surface area contributed by atoms with Gasteiger partial charge in [0.1, 0.15) is 6.29 Å². The van der Waals surface area contributed by atoms with Crippen molar-refractivity contribution in [1.82, 2.24) is 5.32 Å². The lowest BCUT2D eigenvalue weighted by Gasteiger charge is -2.09. The van der Waals surface area contributed by atoms with Crippen molar-refractivity contribution >= 4 is 6.29 Å². The van der Waals surface area contributed by atoms with E-state index in [0.717, 1.165) is 19.1 Å². The Kier molecular flexibility index (Phi) is 5.52. The zero-order valence-corrected chi connectivity index (χ0v) is 6.18. The molecule has 9 heavy (non-hydrogen) atoms. The third-order valence-electron chi connectivity index (χ3n) is 1.43. The van der Waals surface area contributed by atoms with Crippen molar-refractivity contribution in [2.45, 2.75) is 32.2 Å². The molecule has 1 N–H and O–H groups in total. The zero-order chi connectivity index (χ0) is 7.11. The number of rotatable bonds is 5. The van der Waals surface area contributed by atoms with Crippen molar-refractivity contribution in [3.8, 4) is 0 Å². The summed E-state index contributed by atoms with van der Waals surface area (Å²) in [7, 11) is 1.89. The van der Waals surface area contributed by atoms with E-state index in [2.05, 4.69) is 12.2 Å². The van der Waals surface area contributed by atoms with Crippen molar-refractivity contribution < 1.29 is 4.79 Å². The first kappa shape index (κ1) is 8.63. The highest BCUT2D eigenvalue weighted by atomic mass is 16.1. The molecule has 0 aromatic carbocycles. The van der Waals surface area contributed by atoms with Crippen molar-refractivity contribution in [3.05, 3.63) is 0 Å². The lowest BCUT2D eigenvalue weighted by Crippen LogP contribution is -2.24. The highest BCUT2D eigenvalue weighted by Gasteiger charge is 2.00. The minimum Gasteiger partial charge on any atom is -0.317 e. The molecule has 0 heterocycles. The van der Waals surface area contributed by atoms with E-state index in [-0.39, 0.29) is 0 Å². The average molecular weight is 129 g/mol. The fourth-order valence-electron chi connectivity index (χ4n) is 0.845. The molecule has 0 bridgehead atoms. The molecule has 0 aromatic heterocycles. The van der Waals surface area contributed by atoms with Crippen LogP contribution in [0.15, 0.2) is 0 Å². The number of hydrogen-bond donors (Lipinski definition) is 1. The molecule has 0 rings (SSSR count). The summed E-state index contributed by atoms with van der Waals surface area (Å²) in [6, 6.07) is 0.396. The van der Waals surface area contributed by atoms with Crippen LogP contribution in [-0.4, -0.2) is 19.4 Å². The Hall–Kier alpha value is -0.370. The second kappa shape index (κ2) is 5.76. The van der Waals surface area contributed by atoms with Crippen LogP contribution in [0, 0.1) is 0 Å². The molecule has 1 unspecified atom stereocenters. The van der Waals surface area contributed by atoms with Crippen LogP contribution in [0.4, 0.5) is 0 Å². The fraction of sp³-hybridized carbons (Fsp3) is 0.857. The maximum Gasteiger partial charge on any atom is 0.121 e. The van der Waals surface area contributed by atoms with Gasteiger partial charge in [-0.25, -0.2) is 0 Å². The van der Waals surface area contributed by atoms with E-state index in [9.17, 15) is 4.79 Å². The van der Waals surface area contributed by atoms with E-state index >= 15 is 0 Å². The van der Waals surface area contributed by atoms with Crippen molar-refractivity contribution in [2.75, 3.05) is 7.05 Å². The van der Waals surface area contributed by atoms with Crippen LogP contribution in [0.2, 0.25) is 0 Å². The largest absolute Gasteiger partial charge is 0.317 e. The van der Waals surface area contributed by atoms with E-state index in [1.165, 1.54) is 0 Å². The van der Waals surface area contributed by atoms with Gasteiger partial charge < -0.3 is 10.1 Å². The van der Waals surface area contributed by atoms with Gasteiger partial charge in [0.15, 0.2) is 0 Å². The maximum atomic E-state index is 10.0. The Morgan fingerprint density at radius 3 is 2.67 bits per heavy atom. The van der Waals surface area contributed by atoms with Gasteiger partial charge in [0.2, 0.25) is 0 Å². The lowest BCUT2D eigenvalue weighted by molar-refractivity contribution is -0.108. The molecular formula is C7H15NO. The summed E-state index contributed by atoms with van der Waals surface area (Å²) < 4.78 is 0. The number of carbonyl (C=O) groups is 1. The molecular weight excluding hydrogens is 114 g/mol. The molecule has 0 aromatic rings. The first-order valence-electron chi connectivity index (χ1n) is 3.46. The van der Waals surface area contributed by atoms with Gasteiger partial charge in [0, 0.05) is 12.5 Å². The molecule has 0 aliphatic rings. The third-order valence-corrected chi connectivity index (χ3v) is 1.43. The van der Waals surface area contributed by atoms with Gasteiger partial charge >= 0.3 is 0 Å². The molecule has 0 amide bonds. The van der Waals surface area contributed by atoms with Crippen LogP contribution in [0.3, 0.4) is 0 Å². The van der Waals surface area contributed by atoms with Crippen LogP contribution in [0.5, 0.6) is 0 Å². The fourth-order valence-corrected chi connectivity index (χ4v) is 0.845. The quantitative estimate of drug-likeness (QED) is 0.560. The van der Waals surface area contributed by atoms with Crippen LogP contribution in [0.25, 0.3) is 0 Å². The van der Waals surface area contributed by atoms with Crippen molar-refractivity contribution in [1.29, 1.82) is 0 Å². The summed E-state index contributed by atoms with van der Waals surface area (Å²) in [6.45, 7) is 2.12. The summed E-state index contributed by atoms with van der Waals surface area (Å²) in [5.74, 6) is 0. The predicted molar refractivity (Wildman–Crippen MR) is 38.4 cm³/mol. The number of nitrogens with one attached hydrogen (secondary N) is 1. The Balaban J connectivity index is 3.28. The van der Waals surface area contributed by atoms with Gasteiger partial charge in [-0.05, 0) is 13.5 Å². The maximum absolute atomic E-state index is 10.0. The Bertz CT molecular complexity index is 73.3. The Morgan fingerprint density at radius 2 is 2.33 bits per heavy atom.